The van der Waals surface area contributed by atoms with Gasteiger partial charge in [-0.1, -0.05) is 30.0 Å². The van der Waals surface area contributed by atoms with Gasteiger partial charge < -0.3 is 4.90 Å². The van der Waals surface area contributed by atoms with Crippen molar-refractivity contribution in [3.63, 3.8) is 0 Å². The van der Waals surface area contributed by atoms with Crippen molar-refractivity contribution in [2.45, 2.75) is 39.2 Å². The Kier molecular flexibility index (Phi) is 5.63. The Morgan fingerprint density at radius 1 is 1.09 bits per heavy atom. The molecule has 0 bridgehead atoms. The Morgan fingerprint density at radius 3 is 2.32 bits per heavy atom. The number of nitrogens with zero attached hydrogens (tertiary/aromatic N) is 2. The van der Waals surface area contributed by atoms with Crippen LogP contribution in [0.2, 0.25) is 0 Å². The minimum absolute atomic E-state index is 0.191. The first kappa shape index (κ1) is 16.6. The molecular formula is C19H26N2O. The third kappa shape index (κ3) is 4.89. The van der Waals surface area contributed by atoms with E-state index in [1.165, 1.54) is 0 Å². The number of benzene rings is 1. The molecule has 0 spiro atoms. The molecule has 1 aliphatic rings. The summed E-state index contributed by atoms with van der Waals surface area (Å²) < 4.78 is 0. The molecule has 0 aliphatic carbocycles. The van der Waals surface area contributed by atoms with E-state index in [0.717, 1.165) is 31.7 Å². The maximum Gasteiger partial charge on any atom is 0.223 e. The zero-order valence-electron chi connectivity index (χ0n) is 13.9. The lowest BCUT2D eigenvalue weighted by atomic mass is 10.0. The van der Waals surface area contributed by atoms with Gasteiger partial charge in [-0.25, -0.2) is 0 Å². The molecule has 22 heavy (non-hydrogen) atoms. The van der Waals surface area contributed by atoms with Crippen molar-refractivity contribution in [2.75, 3.05) is 26.2 Å². The topological polar surface area (TPSA) is 23.6 Å². The van der Waals surface area contributed by atoms with Gasteiger partial charge in [0.1, 0.15) is 0 Å². The van der Waals surface area contributed by atoms with Crippen LogP contribution in [0.1, 0.15) is 39.2 Å². The highest BCUT2D eigenvalue weighted by Gasteiger charge is 2.27. The Bertz CT molecular complexity index is 540. The van der Waals surface area contributed by atoms with Crippen LogP contribution in [0, 0.1) is 11.8 Å². The molecule has 1 amide bonds. The molecule has 0 N–H and O–H groups in total. The fraction of sp³-hybridized carbons (Fsp3) is 0.526. The van der Waals surface area contributed by atoms with Gasteiger partial charge in [-0.2, -0.15) is 0 Å². The molecule has 1 aromatic carbocycles. The normalized spacial score (nSPS) is 16.0. The number of hydrogen-bond donors (Lipinski definition) is 0. The summed E-state index contributed by atoms with van der Waals surface area (Å²) in [5.74, 6) is 6.43. The minimum atomic E-state index is 0.191. The third-order valence-corrected chi connectivity index (χ3v) is 4.05. The molecule has 1 heterocycles. The van der Waals surface area contributed by atoms with Crippen LogP contribution in [-0.4, -0.2) is 47.4 Å². The fourth-order valence-corrected chi connectivity index (χ4v) is 2.64. The zero-order valence-corrected chi connectivity index (χ0v) is 13.9. The highest BCUT2D eigenvalue weighted by molar-refractivity contribution is 5.76. The van der Waals surface area contributed by atoms with E-state index in [2.05, 4.69) is 37.5 Å². The summed E-state index contributed by atoms with van der Waals surface area (Å²) in [6.45, 7) is 10.3. The summed E-state index contributed by atoms with van der Waals surface area (Å²) in [7, 11) is 0. The highest BCUT2D eigenvalue weighted by Crippen LogP contribution is 2.16. The molecule has 0 atom stereocenters. The van der Waals surface area contributed by atoms with Crippen molar-refractivity contribution >= 4 is 5.91 Å². The lowest BCUT2D eigenvalue weighted by molar-refractivity contribution is -0.133. The Hall–Kier alpha value is -1.79. The second kappa shape index (κ2) is 7.47. The average Bonchev–Trinajstić information content (AvgIpc) is 2.52. The van der Waals surface area contributed by atoms with E-state index >= 15 is 0 Å². The lowest BCUT2D eigenvalue weighted by Gasteiger charge is -2.42. The number of rotatable bonds is 2. The number of hydrogen-bond acceptors (Lipinski definition) is 2. The van der Waals surface area contributed by atoms with Crippen LogP contribution >= 0.6 is 0 Å². The average molecular weight is 298 g/mol. The van der Waals surface area contributed by atoms with Gasteiger partial charge in [-0.3, -0.25) is 9.69 Å². The Labute approximate surface area is 134 Å². The van der Waals surface area contributed by atoms with Crippen LogP contribution in [0.15, 0.2) is 30.3 Å². The summed E-state index contributed by atoms with van der Waals surface area (Å²) in [6, 6.07) is 9.90. The van der Waals surface area contributed by atoms with Crippen LogP contribution in [-0.2, 0) is 4.79 Å². The van der Waals surface area contributed by atoms with Gasteiger partial charge >= 0.3 is 0 Å². The van der Waals surface area contributed by atoms with Crippen molar-refractivity contribution < 1.29 is 4.79 Å². The van der Waals surface area contributed by atoms with Crippen LogP contribution < -0.4 is 0 Å². The summed E-state index contributed by atoms with van der Waals surface area (Å²) in [5, 5.41) is 0. The highest BCUT2D eigenvalue weighted by atomic mass is 16.2. The van der Waals surface area contributed by atoms with Gasteiger partial charge in [0, 0.05) is 50.1 Å². The maximum atomic E-state index is 12.2. The molecule has 0 aromatic heterocycles. The molecule has 2 rings (SSSR count). The first-order valence-electron chi connectivity index (χ1n) is 8.03. The molecule has 1 saturated heterocycles. The van der Waals surface area contributed by atoms with E-state index in [-0.39, 0.29) is 11.4 Å². The fourth-order valence-electron chi connectivity index (χ4n) is 2.64. The van der Waals surface area contributed by atoms with Crippen LogP contribution in [0.5, 0.6) is 0 Å². The quantitative estimate of drug-likeness (QED) is 0.784. The Morgan fingerprint density at radius 2 is 1.73 bits per heavy atom. The Balaban J connectivity index is 1.74. The largest absolute Gasteiger partial charge is 0.340 e. The van der Waals surface area contributed by atoms with Crippen LogP contribution in [0.25, 0.3) is 0 Å². The molecule has 3 heteroatoms. The second-order valence-electron chi connectivity index (χ2n) is 6.71. The lowest BCUT2D eigenvalue weighted by Crippen LogP contribution is -2.54. The first-order valence-corrected chi connectivity index (χ1v) is 8.03. The smallest absolute Gasteiger partial charge is 0.223 e. The van der Waals surface area contributed by atoms with E-state index in [9.17, 15) is 4.79 Å². The number of amides is 1. The summed E-state index contributed by atoms with van der Waals surface area (Å²) in [6.07, 6.45) is 1.16. The number of carbonyl (C=O) groups is 1. The first-order chi connectivity index (χ1) is 10.5. The van der Waals surface area contributed by atoms with Gasteiger partial charge in [0.25, 0.3) is 0 Å². The summed E-state index contributed by atoms with van der Waals surface area (Å²) in [5.41, 5.74) is 1.20. The molecule has 0 radical (unpaired) electrons. The molecule has 0 saturated carbocycles. The molecule has 3 nitrogen and oxygen atoms in total. The van der Waals surface area contributed by atoms with Gasteiger partial charge in [0.05, 0.1) is 0 Å². The summed E-state index contributed by atoms with van der Waals surface area (Å²) >= 11 is 0. The van der Waals surface area contributed by atoms with Crippen molar-refractivity contribution in [1.82, 2.24) is 9.80 Å². The molecular weight excluding hydrogens is 272 g/mol. The van der Waals surface area contributed by atoms with Gasteiger partial charge in [-0.05, 0) is 32.9 Å². The molecule has 1 aromatic rings. The van der Waals surface area contributed by atoms with Gasteiger partial charge in [0.15, 0.2) is 0 Å². The van der Waals surface area contributed by atoms with E-state index in [1.807, 2.05) is 35.2 Å². The van der Waals surface area contributed by atoms with Crippen LogP contribution in [0.3, 0.4) is 0 Å². The number of carbonyl (C=O) groups excluding carboxylic acids is 1. The molecule has 0 unspecified atom stereocenters. The van der Waals surface area contributed by atoms with Crippen molar-refractivity contribution in [3.05, 3.63) is 35.9 Å². The van der Waals surface area contributed by atoms with E-state index in [1.54, 1.807) is 0 Å². The van der Waals surface area contributed by atoms with Crippen LogP contribution in [0.4, 0.5) is 0 Å². The predicted octanol–water partition coefficient (Wildman–Crippen LogP) is 2.76. The van der Waals surface area contributed by atoms with E-state index in [4.69, 9.17) is 0 Å². The zero-order chi connectivity index (χ0) is 16.0. The standard InChI is InChI=1S/C19H26N2O/c1-19(2,3)21-15-13-20(14-16-21)18(22)12-8-7-11-17-9-5-4-6-10-17/h4-6,9-10H,8,12-16H2,1-3H3. The van der Waals surface area contributed by atoms with E-state index in [0.29, 0.717) is 12.8 Å². The number of piperazine rings is 1. The second-order valence-corrected chi connectivity index (χ2v) is 6.71. The molecule has 1 aliphatic heterocycles. The third-order valence-electron chi connectivity index (χ3n) is 4.05. The SMILES string of the molecule is CC(C)(C)N1CCN(C(=O)CCC#Cc2ccccc2)CC1. The monoisotopic (exact) mass is 298 g/mol. The maximum absolute atomic E-state index is 12.2. The van der Waals surface area contributed by atoms with Crippen molar-refractivity contribution in [2.24, 2.45) is 0 Å². The molecule has 118 valence electrons. The summed E-state index contributed by atoms with van der Waals surface area (Å²) in [4.78, 5) is 16.6. The van der Waals surface area contributed by atoms with E-state index < -0.39 is 0 Å². The van der Waals surface area contributed by atoms with Crippen molar-refractivity contribution in [3.8, 4) is 11.8 Å². The minimum Gasteiger partial charge on any atom is -0.340 e. The molecule has 1 fully saturated rings. The van der Waals surface area contributed by atoms with Gasteiger partial charge in [0.2, 0.25) is 5.91 Å². The van der Waals surface area contributed by atoms with Gasteiger partial charge in [-0.15, -0.1) is 0 Å². The van der Waals surface area contributed by atoms with Crippen molar-refractivity contribution in [1.29, 1.82) is 0 Å². The predicted molar refractivity (Wildman–Crippen MR) is 90.5 cm³/mol.